The maximum atomic E-state index is 11.3. The van der Waals surface area contributed by atoms with E-state index in [0.29, 0.717) is 6.42 Å². The summed E-state index contributed by atoms with van der Waals surface area (Å²) in [6.45, 7) is 3.79. The third kappa shape index (κ3) is 4.11. The molecule has 108 valence electrons. The van der Waals surface area contributed by atoms with Crippen LogP contribution in [0.15, 0.2) is 35.7 Å². The molecular weight excluding hydrogens is 258 g/mol. The van der Waals surface area contributed by atoms with Crippen LogP contribution in [-0.2, 0) is 9.63 Å². The quantitative estimate of drug-likeness (QED) is 0.632. The molecule has 1 aliphatic heterocycles. The maximum absolute atomic E-state index is 11.3. The van der Waals surface area contributed by atoms with Crippen molar-refractivity contribution in [2.24, 2.45) is 5.34 Å². The Morgan fingerprint density at radius 1 is 1.30 bits per heavy atom. The number of carbonyl (C=O) groups excluding carboxylic acids is 1. The van der Waals surface area contributed by atoms with Gasteiger partial charge in [0.1, 0.15) is 0 Å². The summed E-state index contributed by atoms with van der Waals surface area (Å²) in [4.78, 5) is 27.7. The summed E-state index contributed by atoms with van der Waals surface area (Å²) in [5.41, 5.74) is 1.18. The highest BCUT2D eigenvalue weighted by molar-refractivity contribution is 5.69. The third-order valence-electron chi connectivity index (χ3n) is 3.54. The summed E-state index contributed by atoms with van der Waals surface area (Å²) in [5.74, 6) is -0.573. The first-order valence-corrected chi connectivity index (χ1v) is 6.83. The number of hydrogen-bond donors (Lipinski definition) is 1. The van der Waals surface area contributed by atoms with Crippen LogP contribution in [0.2, 0.25) is 0 Å². The van der Waals surface area contributed by atoms with E-state index in [1.54, 1.807) is 0 Å². The number of hydrogen-bond acceptors (Lipinski definition) is 6. The van der Waals surface area contributed by atoms with E-state index in [1.165, 1.54) is 5.56 Å². The van der Waals surface area contributed by atoms with Gasteiger partial charge in [0, 0.05) is 32.2 Å². The third-order valence-corrected chi connectivity index (χ3v) is 3.54. The van der Waals surface area contributed by atoms with Crippen LogP contribution in [0.3, 0.4) is 0 Å². The highest BCUT2D eigenvalue weighted by Crippen LogP contribution is 2.26. The minimum absolute atomic E-state index is 0.164. The summed E-state index contributed by atoms with van der Waals surface area (Å²) < 4.78 is 0. The summed E-state index contributed by atoms with van der Waals surface area (Å²) in [6, 6.07) is 10.3. The molecule has 0 amide bonds. The first-order chi connectivity index (χ1) is 9.81. The average molecular weight is 277 g/mol. The first kappa shape index (κ1) is 14.6. The van der Waals surface area contributed by atoms with Crippen molar-refractivity contribution in [2.45, 2.75) is 18.9 Å². The van der Waals surface area contributed by atoms with Crippen LogP contribution in [0.5, 0.6) is 0 Å². The van der Waals surface area contributed by atoms with Gasteiger partial charge in [0.2, 0.25) is 0 Å². The van der Waals surface area contributed by atoms with Gasteiger partial charge in [-0.3, -0.25) is 9.74 Å². The molecule has 1 fully saturated rings. The van der Waals surface area contributed by atoms with Crippen molar-refractivity contribution in [3.8, 4) is 0 Å². The molecule has 1 N–H and O–H groups in total. The second-order valence-electron chi connectivity index (χ2n) is 4.79. The predicted octanol–water partition coefficient (Wildman–Crippen LogP) is 1.64. The average Bonchev–Trinajstić information content (AvgIpc) is 2.50. The van der Waals surface area contributed by atoms with Crippen molar-refractivity contribution in [1.82, 2.24) is 10.2 Å². The Balaban J connectivity index is 2.03. The van der Waals surface area contributed by atoms with E-state index >= 15 is 0 Å². The molecule has 0 aromatic heterocycles. The van der Waals surface area contributed by atoms with Gasteiger partial charge in [0.15, 0.2) is 5.34 Å². The van der Waals surface area contributed by atoms with Crippen LogP contribution in [0, 0.1) is 4.91 Å². The van der Waals surface area contributed by atoms with E-state index < -0.39 is 5.97 Å². The second-order valence-corrected chi connectivity index (χ2v) is 4.79. The van der Waals surface area contributed by atoms with E-state index in [-0.39, 0.29) is 12.5 Å². The van der Waals surface area contributed by atoms with Crippen molar-refractivity contribution in [3.05, 3.63) is 40.8 Å². The van der Waals surface area contributed by atoms with Gasteiger partial charge in [-0.15, -0.1) is 4.91 Å². The van der Waals surface area contributed by atoms with E-state index in [2.05, 4.69) is 32.5 Å². The predicted molar refractivity (Wildman–Crippen MR) is 74.7 cm³/mol. The molecule has 0 radical (unpaired) electrons. The van der Waals surface area contributed by atoms with Crippen LogP contribution in [0.4, 0.5) is 0 Å². The van der Waals surface area contributed by atoms with Crippen molar-refractivity contribution in [1.29, 1.82) is 0 Å². The molecule has 0 saturated carbocycles. The number of nitrogens with one attached hydrogen (secondary N) is 1. The molecular formula is C14H19N3O3. The molecule has 1 atom stereocenters. The lowest BCUT2D eigenvalue weighted by atomic mass is 9.99. The Hall–Kier alpha value is -1.79. The molecule has 1 heterocycles. The molecule has 2 rings (SSSR count). The van der Waals surface area contributed by atoms with Crippen molar-refractivity contribution >= 4 is 5.97 Å². The van der Waals surface area contributed by atoms with Crippen LogP contribution in [0.25, 0.3) is 0 Å². The molecule has 20 heavy (non-hydrogen) atoms. The SMILES string of the molecule is O=NOC(=O)CCC(c1ccccc1)N1CCNCC1. The van der Waals surface area contributed by atoms with Gasteiger partial charge >= 0.3 is 5.97 Å². The standard InChI is InChI=1S/C14H19N3O3/c18-14(20-16-19)7-6-13(12-4-2-1-3-5-12)17-10-8-15-9-11-17/h1-5,13,15H,6-11H2. The monoisotopic (exact) mass is 277 g/mol. The zero-order valence-corrected chi connectivity index (χ0v) is 11.3. The lowest BCUT2D eigenvalue weighted by molar-refractivity contribution is -0.144. The molecule has 6 heteroatoms. The molecule has 1 aliphatic rings. The number of nitrogens with zero attached hydrogens (tertiary/aromatic N) is 2. The molecule has 6 nitrogen and oxygen atoms in total. The van der Waals surface area contributed by atoms with Gasteiger partial charge in [-0.25, -0.2) is 4.79 Å². The van der Waals surface area contributed by atoms with Crippen LogP contribution >= 0.6 is 0 Å². The zero-order chi connectivity index (χ0) is 14.2. The van der Waals surface area contributed by atoms with Crippen molar-refractivity contribution < 1.29 is 9.63 Å². The minimum atomic E-state index is -0.573. The van der Waals surface area contributed by atoms with Gasteiger partial charge in [-0.2, -0.15) is 0 Å². The van der Waals surface area contributed by atoms with E-state index in [0.717, 1.165) is 26.2 Å². The Morgan fingerprint density at radius 3 is 2.65 bits per heavy atom. The maximum Gasteiger partial charge on any atom is 0.338 e. The normalized spacial score (nSPS) is 17.4. The molecule has 1 saturated heterocycles. The molecule has 1 aromatic rings. The lowest BCUT2D eigenvalue weighted by Gasteiger charge is -2.35. The highest BCUT2D eigenvalue weighted by Gasteiger charge is 2.23. The topological polar surface area (TPSA) is 71.0 Å². The van der Waals surface area contributed by atoms with E-state index in [1.807, 2.05) is 18.2 Å². The molecule has 0 bridgehead atoms. The lowest BCUT2D eigenvalue weighted by Crippen LogP contribution is -2.45. The smallest absolute Gasteiger partial charge is 0.314 e. The highest BCUT2D eigenvalue weighted by atomic mass is 16.7. The number of piperazine rings is 1. The fourth-order valence-corrected chi connectivity index (χ4v) is 2.57. The van der Waals surface area contributed by atoms with Crippen molar-refractivity contribution in [3.63, 3.8) is 0 Å². The molecule has 1 unspecified atom stereocenters. The Kier molecular flexibility index (Phi) is 5.64. The summed E-state index contributed by atoms with van der Waals surface area (Å²) in [7, 11) is 0. The zero-order valence-electron chi connectivity index (χ0n) is 11.3. The van der Waals surface area contributed by atoms with E-state index in [4.69, 9.17) is 0 Å². The Bertz CT molecular complexity index is 433. The first-order valence-electron chi connectivity index (χ1n) is 6.83. The van der Waals surface area contributed by atoms with Crippen LogP contribution in [-0.4, -0.2) is 37.0 Å². The number of rotatable bonds is 6. The molecule has 1 aromatic carbocycles. The summed E-state index contributed by atoms with van der Waals surface area (Å²) >= 11 is 0. The van der Waals surface area contributed by atoms with Crippen molar-refractivity contribution in [2.75, 3.05) is 26.2 Å². The largest absolute Gasteiger partial charge is 0.338 e. The fourth-order valence-electron chi connectivity index (χ4n) is 2.57. The van der Waals surface area contributed by atoms with Gasteiger partial charge in [0.25, 0.3) is 0 Å². The van der Waals surface area contributed by atoms with Crippen LogP contribution in [0.1, 0.15) is 24.4 Å². The fraction of sp³-hybridized carbons (Fsp3) is 0.500. The summed E-state index contributed by atoms with van der Waals surface area (Å²) in [6.07, 6.45) is 0.813. The van der Waals surface area contributed by atoms with Crippen LogP contribution < -0.4 is 5.32 Å². The van der Waals surface area contributed by atoms with Gasteiger partial charge < -0.3 is 5.32 Å². The molecule has 0 aliphatic carbocycles. The minimum Gasteiger partial charge on any atom is -0.314 e. The second kappa shape index (κ2) is 7.72. The van der Waals surface area contributed by atoms with Gasteiger partial charge in [-0.1, -0.05) is 30.3 Å². The Morgan fingerprint density at radius 2 is 2.00 bits per heavy atom. The van der Waals surface area contributed by atoms with Gasteiger partial charge in [-0.05, 0) is 12.0 Å². The number of carbonyl (C=O) groups is 1. The summed E-state index contributed by atoms with van der Waals surface area (Å²) in [5, 5.41) is 5.49. The van der Waals surface area contributed by atoms with E-state index in [9.17, 15) is 9.70 Å². The number of benzene rings is 1. The molecule has 0 spiro atoms. The Labute approximate surface area is 118 Å². The van der Waals surface area contributed by atoms with Gasteiger partial charge in [0.05, 0.1) is 6.42 Å².